The van der Waals surface area contributed by atoms with E-state index < -0.39 is 0 Å². The third-order valence-corrected chi connectivity index (χ3v) is 4.59. The molecule has 128 valence electrons. The third kappa shape index (κ3) is 3.07. The minimum Gasteiger partial charge on any atom is -0.451 e. The van der Waals surface area contributed by atoms with Crippen LogP contribution in [0.2, 0.25) is 0 Å². The van der Waals surface area contributed by atoms with Crippen LogP contribution in [0, 0.1) is 5.82 Å². The zero-order chi connectivity index (χ0) is 17.2. The van der Waals surface area contributed by atoms with Crippen LogP contribution < -0.4 is 0 Å². The fourth-order valence-corrected chi connectivity index (χ4v) is 3.28. The number of amides is 1. The van der Waals surface area contributed by atoms with Gasteiger partial charge in [-0.3, -0.25) is 4.79 Å². The lowest BCUT2D eigenvalue weighted by molar-refractivity contribution is 0.0648. The molecule has 1 atom stereocenters. The molecular weight excluding hydrogens is 321 g/mol. The summed E-state index contributed by atoms with van der Waals surface area (Å²) in [4.78, 5) is 18.6. The smallest absolute Gasteiger partial charge is 0.289 e. The molecule has 4 rings (SSSR count). The molecule has 1 aliphatic heterocycles. The number of furan rings is 1. The van der Waals surface area contributed by atoms with Gasteiger partial charge in [-0.1, -0.05) is 12.1 Å². The van der Waals surface area contributed by atoms with Crippen molar-refractivity contribution in [2.75, 3.05) is 13.1 Å². The molecule has 3 heterocycles. The topological polar surface area (TPSA) is 51.3 Å². The van der Waals surface area contributed by atoms with Crippen molar-refractivity contribution in [3.8, 4) is 11.3 Å². The van der Waals surface area contributed by atoms with Gasteiger partial charge in [0.15, 0.2) is 5.76 Å². The minimum absolute atomic E-state index is 0.160. The van der Waals surface area contributed by atoms with Crippen LogP contribution in [0.15, 0.2) is 59.5 Å². The molecule has 1 unspecified atom stereocenters. The molecule has 1 aliphatic rings. The van der Waals surface area contributed by atoms with Gasteiger partial charge in [0, 0.05) is 25.5 Å². The average molecular weight is 339 g/mol. The molecule has 1 fully saturated rings. The number of hydrogen-bond acceptors (Lipinski definition) is 3. The first-order chi connectivity index (χ1) is 12.2. The molecule has 2 aromatic heterocycles. The first kappa shape index (κ1) is 15.6. The molecule has 3 aromatic rings. The molecule has 6 heteroatoms. The lowest BCUT2D eigenvalue weighted by Gasteiger charge is -2.32. The predicted molar refractivity (Wildman–Crippen MR) is 90.5 cm³/mol. The molecule has 0 N–H and O–H groups in total. The number of carbonyl (C=O) groups is 1. The summed E-state index contributed by atoms with van der Waals surface area (Å²) in [7, 11) is 0. The predicted octanol–water partition coefficient (Wildman–Crippen LogP) is 3.76. The number of carbonyl (C=O) groups excluding carboxylic acids is 1. The first-order valence-electron chi connectivity index (χ1n) is 8.34. The highest BCUT2D eigenvalue weighted by atomic mass is 19.1. The van der Waals surface area contributed by atoms with E-state index in [1.54, 1.807) is 47.8 Å². The van der Waals surface area contributed by atoms with Crippen LogP contribution in [0.4, 0.5) is 4.39 Å². The summed E-state index contributed by atoms with van der Waals surface area (Å²) >= 11 is 0. The van der Waals surface area contributed by atoms with Crippen LogP contribution in [0.5, 0.6) is 0 Å². The van der Waals surface area contributed by atoms with Gasteiger partial charge in [-0.25, -0.2) is 9.37 Å². The molecule has 1 saturated heterocycles. The second-order valence-corrected chi connectivity index (χ2v) is 6.20. The van der Waals surface area contributed by atoms with Crippen LogP contribution in [-0.2, 0) is 0 Å². The molecule has 0 aliphatic carbocycles. The first-order valence-corrected chi connectivity index (χ1v) is 8.34. The molecule has 0 radical (unpaired) electrons. The Balaban J connectivity index is 1.52. The Labute approximate surface area is 144 Å². The maximum absolute atomic E-state index is 13.9. The van der Waals surface area contributed by atoms with E-state index in [0.29, 0.717) is 24.4 Å². The molecule has 0 saturated carbocycles. The summed E-state index contributed by atoms with van der Waals surface area (Å²) in [6.07, 6.45) is 7.38. The summed E-state index contributed by atoms with van der Waals surface area (Å²) < 4.78 is 21.6. The van der Waals surface area contributed by atoms with Crippen molar-refractivity contribution in [1.82, 2.24) is 14.5 Å². The van der Waals surface area contributed by atoms with E-state index in [9.17, 15) is 9.18 Å². The number of rotatable bonds is 3. The Morgan fingerprint density at radius 1 is 1.24 bits per heavy atom. The lowest BCUT2D eigenvalue weighted by atomic mass is 10.1. The van der Waals surface area contributed by atoms with Crippen LogP contribution in [0.3, 0.4) is 0 Å². The monoisotopic (exact) mass is 339 g/mol. The summed E-state index contributed by atoms with van der Waals surface area (Å²) in [6, 6.07) is 9.85. The van der Waals surface area contributed by atoms with Gasteiger partial charge in [-0.15, -0.1) is 0 Å². The van der Waals surface area contributed by atoms with E-state index in [0.717, 1.165) is 12.8 Å². The quantitative estimate of drug-likeness (QED) is 0.730. The van der Waals surface area contributed by atoms with Gasteiger partial charge >= 0.3 is 0 Å². The summed E-state index contributed by atoms with van der Waals surface area (Å²) in [5, 5.41) is 0. The number of likely N-dealkylation sites (tertiary alicyclic amines) is 1. The second kappa shape index (κ2) is 6.55. The van der Waals surface area contributed by atoms with E-state index in [2.05, 4.69) is 4.98 Å². The number of halogens is 1. The SMILES string of the molecule is O=C(c1ccc(-c2ccccc2F)o1)N1CCCC(n2ccnc2)C1. The maximum Gasteiger partial charge on any atom is 0.289 e. The van der Waals surface area contributed by atoms with Crippen LogP contribution >= 0.6 is 0 Å². The van der Waals surface area contributed by atoms with Crippen LogP contribution in [0.1, 0.15) is 29.4 Å². The zero-order valence-electron chi connectivity index (χ0n) is 13.6. The molecule has 1 aromatic carbocycles. The third-order valence-electron chi connectivity index (χ3n) is 4.59. The average Bonchev–Trinajstić information content (AvgIpc) is 3.34. The van der Waals surface area contributed by atoms with Crippen molar-refractivity contribution in [3.63, 3.8) is 0 Å². The zero-order valence-corrected chi connectivity index (χ0v) is 13.6. The highest BCUT2D eigenvalue weighted by molar-refractivity contribution is 5.92. The molecule has 25 heavy (non-hydrogen) atoms. The highest BCUT2D eigenvalue weighted by Gasteiger charge is 2.27. The Bertz CT molecular complexity index is 872. The highest BCUT2D eigenvalue weighted by Crippen LogP contribution is 2.27. The van der Waals surface area contributed by atoms with Crippen molar-refractivity contribution < 1.29 is 13.6 Å². The van der Waals surface area contributed by atoms with E-state index in [1.165, 1.54) is 6.07 Å². The number of piperidine rings is 1. The van der Waals surface area contributed by atoms with Crippen LogP contribution in [-0.4, -0.2) is 33.4 Å². The number of benzene rings is 1. The van der Waals surface area contributed by atoms with Gasteiger partial charge < -0.3 is 13.9 Å². The fraction of sp³-hybridized carbons (Fsp3) is 0.263. The lowest BCUT2D eigenvalue weighted by Crippen LogP contribution is -2.40. The fourth-order valence-electron chi connectivity index (χ4n) is 3.28. The van der Waals surface area contributed by atoms with Crippen LogP contribution in [0.25, 0.3) is 11.3 Å². The van der Waals surface area contributed by atoms with E-state index in [4.69, 9.17) is 4.42 Å². The van der Waals surface area contributed by atoms with Gasteiger partial charge in [-0.05, 0) is 37.1 Å². The molecule has 0 spiro atoms. The van der Waals surface area contributed by atoms with E-state index in [-0.39, 0.29) is 23.5 Å². The molecule has 5 nitrogen and oxygen atoms in total. The van der Waals surface area contributed by atoms with Gasteiger partial charge in [0.25, 0.3) is 5.91 Å². The molecule has 0 bridgehead atoms. The normalized spacial score (nSPS) is 17.6. The Kier molecular flexibility index (Phi) is 4.09. The standard InChI is InChI=1S/C19H18FN3O2/c20-16-6-2-1-5-15(16)17-7-8-18(25-17)19(24)22-10-3-4-14(12-22)23-11-9-21-13-23/h1-2,5-9,11,13-14H,3-4,10,12H2. The van der Waals surface area contributed by atoms with Crippen molar-refractivity contribution in [2.24, 2.45) is 0 Å². The summed E-state index contributed by atoms with van der Waals surface area (Å²) in [6.45, 7) is 1.31. The van der Waals surface area contributed by atoms with E-state index >= 15 is 0 Å². The number of aromatic nitrogens is 2. The van der Waals surface area contributed by atoms with E-state index in [1.807, 2.05) is 10.8 Å². The van der Waals surface area contributed by atoms with Gasteiger partial charge in [0.2, 0.25) is 0 Å². The summed E-state index contributed by atoms with van der Waals surface area (Å²) in [5.41, 5.74) is 0.358. The van der Waals surface area contributed by atoms with Crippen molar-refractivity contribution in [1.29, 1.82) is 0 Å². The Morgan fingerprint density at radius 2 is 2.12 bits per heavy atom. The molecule has 1 amide bonds. The maximum atomic E-state index is 13.9. The van der Waals surface area contributed by atoms with Crippen molar-refractivity contribution in [2.45, 2.75) is 18.9 Å². The number of imidazole rings is 1. The van der Waals surface area contributed by atoms with Gasteiger partial charge in [0.05, 0.1) is 17.9 Å². The molecular formula is C19H18FN3O2. The Hall–Kier alpha value is -2.89. The van der Waals surface area contributed by atoms with Crippen molar-refractivity contribution in [3.05, 3.63) is 66.7 Å². The van der Waals surface area contributed by atoms with Gasteiger partial charge in [-0.2, -0.15) is 0 Å². The summed E-state index contributed by atoms with van der Waals surface area (Å²) in [5.74, 6) is 0.0792. The Morgan fingerprint density at radius 3 is 2.92 bits per heavy atom. The van der Waals surface area contributed by atoms with Crippen molar-refractivity contribution >= 4 is 5.91 Å². The number of nitrogens with zero attached hydrogens (tertiary/aromatic N) is 3. The second-order valence-electron chi connectivity index (χ2n) is 6.20. The largest absolute Gasteiger partial charge is 0.451 e. The van der Waals surface area contributed by atoms with Gasteiger partial charge in [0.1, 0.15) is 11.6 Å². The minimum atomic E-state index is -0.367. The number of hydrogen-bond donors (Lipinski definition) is 0.